The van der Waals surface area contributed by atoms with Crippen molar-refractivity contribution in [3.63, 3.8) is 0 Å². The van der Waals surface area contributed by atoms with Crippen LogP contribution in [0.25, 0.3) is 11.0 Å². The van der Waals surface area contributed by atoms with Gasteiger partial charge in [0.05, 0.1) is 25.0 Å². The van der Waals surface area contributed by atoms with Gasteiger partial charge in [-0.3, -0.25) is 9.48 Å². The molecule has 126 valence electrons. The zero-order chi connectivity index (χ0) is 16.9. The Morgan fingerprint density at radius 2 is 2.25 bits per heavy atom. The number of hydrogen-bond acceptors (Lipinski definition) is 5. The van der Waals surface area contributed by atoms with Gasteiger partial charge in [0.2, 0.25) is 5.91 Å². The van der Waals surface area contributed by atoms with E-state index in [2.05, 4.69) is 31.7 Å². The first kappa shape index (κ1) is 16.5. The molecule has 3 aromatic rings. The molecule has 0 saturated heterocycles. The fourth-order valence-electron chi connectivity index (χ4n) is 2.29. The smallest absolute Gasteiger partial charge is 0.241 e. The topological polar surface area (TPSA) is 92.3 Å². The molecule has 7 nitrogen and oxygen atoms in total. The Kier molecular flexibility index (Phi) is 5.17. The van der Waals surface area contributed by atoms with Crippen molar-refractivity contribution in [1.29, 1.82) is 0 Å². The number of aliphatic hydroxyl groups is 1. The number of halogens is 1. The van der Waals surface area contributed by atoms with Crippen LogP contribution in [0.5, 0.6) is 0 Å². The lowest BCUT2D eigenvalue weighted by Crippen LogP contribution is -2.30. The Labute approximate surface area is 146 Å². The second kappa shape index (κ2) is 7.50. The molecule has 2 heterocycles. The molecule has 0 spiro atoms. The number of carbonyl (C=O) groups is 1. The molecule has 3 N–H and O–H groups in total. The largest absolute Gasteiger partial charge is 0.459 e. The first-order valence-corrected chi connectivity index (χ1v) is 8.25. The van der Waals surface area contributed by atoms with Crippen LogP contribution in [0.4, 0.5) is 5.69 Å². The van der Waals surface area contributed by atoms with E-state index >= 15 is 0 Å². The van der Waals surface area contributed by atoms with E-state index in [1.807, 2.05) is 24.3 Å². The minimum absolute atomic E-state index is 0.0777. The number of benzene rings is 1. The standard InChI is InChI=1S/C16H17BrN4O3/c17-12-1-2-15-11(5-12)6-14(24-15)8-19-13-7-20-21(9-13)10-16(23)18-3-4-22/h1-2,5-7,9,19,22H,3-4,8,10H2,(H,18,23). The van der Waals surface area contributed by atoms with E-state index < -0.39 is 0 Å². The van der Waals surface area contributed by atoms with Crippen LogP contribution < -0.4 is 10.6 Å². The Hall–Kier alpha value is -2.32. The van der Waals surface area contributed by atoms with Gasteiger partial charge in [-0.15, -0.1) is 0 Å². The SMILES string of the molecule is O=C(Cn1cc(NCc2cc3cc(Br)ccc3o2)cn1)NCCO. The Morgan fingerprint density at radius 3 is 3.08 bits per heavy atom. The summed E-state index contributed by atoms with van der Waals surface area (Å²) in [4.78, 5) is 11.6. The van der Waals surface area contributed by atoms with Gasteiger partial charge >= 0.3 is 0 Å². The van der Waals surface area contributed by atoms with Gasteiger partial charge in [-0.2, -0.15) is 5.10 Å². The van der Waals surface area contributed by atoms with Gasteiger partial charge in [0.25, 0.3) is 0 Å². The van der Waals surface area contributed by atoms with E-state index in [0.717, 1.165) is 26.9 Å². The molecule has 0 radical (unpaired) electrons. The number of aromatic nitrogens is 2. The highest BCUT2D eigenvalue weighted by Crippen LogP contribution is 2.23. The van der Waals surface area contributed by atoms with Crippen molar-refractivity contribution in [3.8, 4) is 0 Å². The summed E-state index contributed by atoms with van der Waals surface area (Å²) in [6.07, 6.45) is 3.40. The monoisotopic (exact) mass is 392 g/mol. The van der Waals surface area contributed by atoms with E-state index in [9.17, 15) is 4.79 Å². The average Bonchev–Trinajstić information content (AvgIpc) is 3.16. The molecule has 24 heavy (non-hydrogen) atoms. The highest BCUT2D eigenvalue weighted by Gasteiger charge is 2.07. The molecule has 0 unspecified atom stereocenters. The van der Waals surface area contributed by atoms with Crippen LogP contribution in [0.3, 0.4) is 0 Å². The summed E-state index contributed by atoms with van der Waals surface area (Å²) >= 11 is 3.44. The third-order valence-corrected chi connectivity index (χ3v) is 3.86. The van der Waals surface area contributed by atoms with E-state index in [0.29, 0.717) is 6.54 Å². The highest BCUT2D eigenvalue weighted by atomic mass is 79.9. The summed E-state index contributed by atoms with van der Waals surface area (Å²) in [5.41, 5.74) is 1.64. The van der Waals surface area contributed by atoms with Gasteiger partial charge < -0.3 is 20.2 Å². The van der Waals surface area contributed by atoms with Gasteiger partial charge in [-0.1, -0.05) is 15.9 Å². The summed E-state index contributed by atoms with van der Waals surface area (Å²) in [5, 5.41) is 19.6. The van der Waals surface area contributed by atoms with Crippen LogP contribution >= 0.6 is 15.9 Å². The van der Waals surface area contributed by atoms with Gasteiger partial charge in [-0.25, -0.2) is 0 Å². The lowest BCUT2D eigenvalue weighted by molar-refractivity contribution is -0.122. The number of rotatable bonds is 7. The second-order valence-electron chi connectivity index (χ2n) is 5.25. The lowest BCUT2D eigenvalue weighted by Gasteiger charge is -2.03. The number of aliphatic hydroxyl groups excluding tert-OH is 1. The quantitative estimate of drug-likeness (QED) is 0.572. The Bertz CT molecular complexity index is 843. The maximum Gasteiger partial charge on any atom is 0.241 e. The fourth-order valence-corrected chi connectivity index (χ4v) is 2.66. The Morgan fingerprint density at radius 1 is 1.38 bits per heavy atom. The van der Waals surface area contributed by atoms with Gasteiger partial charge in [0, 0.05) is 22.6 Å². The molecule has 8 heteroatoms. The number of carbonyl (C=O) groups excluding carboxylic acids is 1. The van der Waals surface area contributed by atoms with E-state index in [-0.39, 0.29) is 25.6 Å². The maximum atomic E-state index is 11.6. The summed E-state index contributed by atoms with van der Waals surface area (Å²) in [6, 6.07) is 7.85. The van der Waals surface area contributed by atoms with Crippen LogP contribution in [0.2, 0.25) is 0 Å². The molecular formula is C16H17BrN4O3. The molecule has 3 rings (SSSR count). The zero-order valence-corrected chi connectivity index (χ0v) is 14.4. The van der Waals surface area contributed by atoms with Gasteiger partial charge in [0.15, 0.2) is 0 Å². The molecule has 0 fully saturated rings. The normalized spacial score (nSPS) is 10.9. The molecule has 0 atom stereocenters. The van der Waals surface area contributed by atoms with Crippen LogP contribution in [-0.4, -0.2) is 33.9 Å². The molecule has 0 aliphatic rings. The molecule has 2 aromatic heterocycles. The molecular weight excluding hydrogens is 376 g/mol. The van der Waals surface area contributed by atoms with Crippen molar-refractivity contribution in [1.82, 2.24) is 15.1 Å². The number of nitrogens with zero attached hydrogens (tertiary/aromatic N) is 2. The summed E-state index contributed by atoms with van der Waals surface area (Å²) < 4.78 is 8.30. The van der Waals surface area contributed by atoms with Crippen molar-refractivity contribution in [2.24, 2.45) is 0 Å². The molecule has 1 aromatic carbocycles. The predicted octanol–water partition coefficient (Wildman–Crippen LogP) is 2.11. The molecule has 0 saturated carbocycles. The second-order valence-corrected chi connectivity index (χ2v) is 6.16. The van der Waals surface area contributed by atoms with E-state index in [4.69, 9.17) is 9.52 Å². The Balaban J connectivity index is 1.57. The van der Waals surface area contributed by atoms with Crippen LogP contribution in [0, 0.1) is 0 Å². The number of anilines is 1. The number of furan rings is 1. The lowest BCUT2D eigenvalue weighted by atomic mass is 10.2. The average molecular weight is 393 g/mol. The van der Waals surface area contributed by atoms with Gasteiger partial charge in [-0.05, 0) is 24.3 Å². The van der Waals surface area contributed by atoms with Crippen molar-refractivity contribution >= 4 is 38.5 Å². The highest BCUT2D eigenvalue weighted by molar-refractivity contribution is 9.10. The third kappa shape index (κ3) is 4.15. The van der Waals surface area contributed by atoms with E-state index in [1.54, 1.807) is 12.4 Å². The van der Waals surface area contributed by atoms with Gasteiger partial charge in [0.1, 0.15) is 17.9 Å². The summed E-state index contributed by atoms with van der Waals surface area (Å²) in [6.45, 7) is 0.800. The summed E-state index contributed by atoms with van der Waals surface area (Å²) in [5.74, 6) is 0.623. The number of nitrogens with one attached hydrogen (secondary N) is 2. The van der Waals surface area contributed by atoms with E-state index in [1.165, 1.54) is 4.68 Å². The molecule has 0 bridgehead atoms. The zero-order valence-electron chi connectivity index (χ0n) is 12.8. The van der Waals surface area contributed by atoms with Crippen molar-refractivity contribution < 1.29 is 14.3 Å². The van der Waals surface area contributed by atoms with Crippen molar-refractivity contribution in [3.05, 3.63) is 46.9 Å². The molecule has 0 aliphatic heterocycles. The van der Waals surface area contributed by atoms with Crippen molar-refractivity contribution in [2.75, 3.05) is 18.5 Å². The molecule has 0 aliphatic carbocycles. The number of hydrogen-bond donors (Lipinski definition) is 3. The third-order valence-electron chi connectivity index (χ3n) is 3.37. The fraction of sp³-hybridized carbons (Fsp3) is 0.250. The predicted molar refractivity (Wildman–Crippen MR) is 93.6 cm³/mol. The van der Waals surface area contributed by atoms with Crippen molar-refractivity contribution in [2.45, 2.75) is 13.1 Å². The molecule has 1 amide bonds. The first-order valence-electron chi connectivity index (χ1n) is 7.46. The maximum absolute atomic E-state index is 11.6. The first-order chi connectivity index (χ1) is 11.6. The summed E-state index contributed by atoms with van der Waals surface area (Å²) in [7, 11) is 0. The van der Waals surface area contributed by atoms with Crippen LogP contribution in [-0.2, 0) is 17.9 Å². The minimum Gasteiger partial charge on any atom is -0.459 e. The minimum atomic E-state index is -0.193. The number of fused-ring (bicyclic) bond motifs is 1. The number of amides is 1. The van der Waals surface area contributed by atoms with Crippen LogP contribution in [0.1, 0.15) is 5.76 Å². The van der Waals surface area contributed by atoms with Crippen LogP contribution in [0.15, 0.2) is 45.5 Å².